The topological polar surface area (TPSA) is 57.8 Å². The zero-order valence-electron chi connectivity index (χ0n) is 18.0. The highest BCUT2D eigenvalue weighted by molar-refractivity contribution is 6.10. The summed E-state index contributed by atoms with van der Waals surface area (Å²) in [6.45, 7) is 8.24. The highest BCUT2D eigenvalue weighted by Crippen LogP contribution is 2.26. The molecule has 2 aromatic carbocycles. The number of para-hydroxylation sites is 2. The molecule has 0 saturated carbocycles. The predicted octanol–water partition coefficient (Wildman–Crippen LogP) is 5.76. The summed E-state index contributed by atoms with van der Waals surface area (Å²) in [5.74, 6) is -0.392. The van der Waals surface area contributed by atoms with E-state index in [-0.39, 0.29) is 5.57 Å². The van der Waals surface area contributed by atoms with E-state index < -0.39 is 5.91 Å². The number of hydrogen-bond donors (Lipinski definition) is 1. The quantitative estimate of drug-likeness (QED) is 0.424. The molecular weight excluding hydrogens is 370 g/mol. The summed E-state index contributed by atoms with van der Waals surface area (Å²) in [6.07, 6.45) is 3.42. The Balaban J connectivity index is 1.97. The van der Waals surface area contributed by atoms with E-state index in [0.717, 1.165) is 46.7 Å². The molecule has 0 unspecified atom stereocenters. The highest BCUT2D eigenvalue weighted by atomic mass is 16.1. The second kappa shape index (κ2) is 9.28. The van der Waals surface area contributed by atoms with Crippen molar-refractivity contribution in [3.63, 3.8) is 0 Å². The van der Waals surface area contributed by atoms with Crippen LogP contribution in [-0.2, 0) is 17.6 Å². The number of anilines is 1. The maximum absolute atomic E-state index is 12.8. The van der Waals surface area contributed by atoms with Crippen molar-refractivity contribution in [2.75, 3.05) is 5.32 Å². The van der Waals surface area contributed by atoms with Gasteiger partial charge in [0.05, 0.1) is 0 Å². The third-order valence-corrected chi connectivity index (χ3v) is 5.40. The summed E-state index contributed by atoms with van der Waals surface area (Å²) < 4.78 is 2.18. The van der Waals surface area contributed by atoms with Gasteiger partial charge in [-0.2, -0.15) is 5.26 Å². The van der Waals surface area contributed by atoms with E-state index in [9.17, 15) is 10.1 Å². The lowest BCUT2D eigenvalue weighted by atomic mass is 10.1. The van der Waals surface area contributed by atoms with Gasteiger partial charge in [-0.15, -0.1) is 0 Å². The van der Waals surface area contributed by atoms with Crippen LogP contribution in [0.15, 0.2) is 60.2 Å². The Labute approximate surface area is 178 Å². The first kappa shape index (κ1) is 21.1. The van der Waals surface area contributed by atoms with Gasteiger partial charge in [0, 0.05) is 22.8 Å². The number of benzene rings is 2. The van der Waals surface area contributed by atoms with Crippen molar-refractivity contribution >= 4 is 17.7 Å². The van der Waals surface area contributed by atoms with Crippen LogP contribution in [0.2, 0.25) is 0 Å². The molecule has 1 aromatic heterocycles. The Bertz CT molecular complexity index is 1150. The van der Waals surface area contributed by atoms with Crippen LogP contribution in [0.4, 0.5) is 5.69 Å². The van der Waals surface area contributed by atoms with Gasteiger partial charge in [-0.3, -0.25) is 4.79 Å². The number of nitrogens with one attached hydrogen (secondary N) is 1. The Morgan fingerprint density at radius 1 is 1.03 bits per heavy atom. The van der Waals surface area contributed by atoms with Crippen LogP contribution < -0.4 is 5.32 Å². The van der Waals surface area contributed by atoms with Crippen molar-refractivity contribution in [3.05, 3.63) is 88.2 Å². The van der Waals surface area contributed by atoms with Crippen LogP contribution in [0.25, 0.3) is 11.8 Å². The molecule has 3 rings (SSSR count). The van der Waals surface area contributed by atoms with Crippen molar-refractivity contribution in [1.29, 1.82) is 5.26 Å². The molecule has 152 valence electrons. The van der Waals surface area contributed by atoms with E-state index in [1.807, 2.05) is 63.2 Å². The Morgan fingerprint density at radius 2 is 1.67 bits per heavy atom. The summed E-state index contributed by atoms with van der Waals surface area (Å²) in [4.78, 5) is 12.8. The van der Waals surface area contributed by atoms with Crippen LogP contribution in [0, 0.1) is 25.2 Å². The van der Waals surface area contributed by atoms with Crippen molar-refractivity contribution in [2.24, 2.45) is 0 Å². The predicted molar refractivity (Wildman–Crippen MR) is 123 cm³/mol. The molecule has 3 aromatic rings. The largest absolute Gasteiger partial charge is 0.321 e. The molecule has 0 bridgehead atoms. The molecular formula is C26H27N3O. The van der Waals surface area contributed by atoms with E-state index in [1.54, 1.807) is 6.08 Å². The molecule has 1 N–H and O–H groups in total. The van der Waals surface area contributed by atoms with Crippen LogP contribution in [-0.4, -0.2) is 10.5 Å². The van der Waals surface area contributed by atoms with Crippen LogP contribution in [0.5, 0.6) is 0 Å². The van der Waals surface area contributed by atoms with Gasteiger partial charge in [0.2, 0.25) is 0 Å². The zero-order valence-corrected chi connectivity index (χ0v) is 18.0. The molecule has 4 nitrogen and oxygen atoms in total. The van der Waals surface area contributed by atoms with Gasteiger partial charge in [0.1, 0.15) is 11.6 Å². The fourth-order valence-electron chi connectivity index (χ4n) is 3.78. The minimum Gasteiger partial charge on any atom is -0.321 e. The van der Waals surface area contributed by atoms with Gasteiger partial charge in [0.15, 0.2) is 0 Å². The molecule has 0 aliphatic heterocycles. The maximum atomic E-state index is 12.8. The van der Waals surface area contributed by atoms with E-state index >= 15 is 0 Å². The van der Waals surface area contributed by atoms with E-state index in [2.05, 4.69) is 35.0 Å². The lowest BCUT2D eigenvalue weighted by Gasteiger charge is -2.14. The number of amides is 1. The summed E-state index contributed by atoms with van der Waals surface area (Å²) in [5.41, 5.74) is 7.19. The Hall–Kier alpha value is -3.58. The fraction of sp³-hybridized carbons (Fsp3) is 0.231. The van der Waals surface area contributed by atoms with Gasteiger partial charge < -0.3 is 9.88 Å². The first-order chi connectivity index (χ1) is 14.5. The van der Waals surface area contributed by atoms with Crippen molar-refractivity contribution in [2.45, 2.75) is 40.5 Å². The van der Waals surface area contributed by atoms with E-state index in [1.165, 1.54) is 5.56 Å². The number of rotatable bonds is 6. The maximum Gasteiger partial charge on any atom is 0.266 e. The minimum absolute atomic E-state index is 0.0879. The van der Waals surface area contributed by atoms with Gasteiger partial charge >= 0.3 is 0 Å². The highest BCUT2D eigenvalue weighted by Gasteiger charge is 2.15. The van der Waals surface area contributed by atoms with Crippen LogP contribution >= 0.6 is 0 Å². The lowest BCUT2D eigenvalue weighted by molar-refractivity contribution is -0.112. The van der Waals surface area contributed by atoms with Gasteiger partial charge in [-0.25, -0.2) is 0 Å². The summed E-state index contributed by atoms with van der Waals surface area (Å²) in [7, 11) is 0. The molecule has 0 radical (unpaired) electrons. The summed E-state index contributed by atoms with van der Waals surface area (Å²) in [6, 6.07) is 20.1. The molecule has 0 atom stereocenters. The molecule has 0 spiro atoms. The average molecular weight is 398 g/mol. The molecule has 0 aliphatic carbocycles. The number of carbonyl (C=O) groups is 1. The number of aromatic nitrogens is 1. The van der Waals surface area contributed by atoms with Crippen molar-refractivity contribution in [3.8, 4) is 11.8 Å². The third-order valence-electron chi connectivity index (χ3n) is 5.40. The molecule has 4 heteroatoms. The monoisotopic (exact) mass is 397 g/mol. The zero-order chi connectivity index (χ0) is 21.7. The van der Waals surface area contributed by atoms with Crippen LogP contribution in [0.1, 0.15) is 41.9 Å². The second-order valence-corrected chi connectivity index (χ2v) is 7.28. The fourth-order valence-corrected chi connectivity index (χ4v) is 3.78. The smallest absolute Gasteiger partial charge is 0.266 e. The van der Waals surface area contributed by atoms with Crippen molar-refractivity contribution in [1.82, 2.24) is 4.57 Å². The minimum atomic E-state index is -0.392. The first-order valence-corrected chi connectivity index (χ1v) is 10.3. The number of nitrogens with zero attached hydrogens (tertiary/aromatic N) is 2. The van der Waals surface area contributed by atoms with Gasteiger partial charge in [0.25, 0.3) is 5.91 Å². The average Bonchev–Trinajstić information content (AvgIpc) is 3.04. The number of hydrogen-bond acceptors (Lipinski definition) is 2. The lowest BCUT2D eigenvalue weighted by Crippen LogP contribution is -2.14. The Kier molecular flexibility index (Phi) is 6.54. The summed E-state index contributed by atoms with van der Waals surface area (Å²) in [5, 5.41) is 12.5. The van der Waals surface area contributed by atoms with Crippen LogP contribution in [0.3, 0.4) is 0 Å². The molecule has 0 fully saturated rings. The normalized spacial score (nSPS) is 11.2. The second-order valence-electron chi connectivity index (χ2n) is 7.28. The Morgan fingerprint density at radius 3 is 2.33 bits per heavy atom. The molecule has 0 aliphatic rings. The molecule has 1 amide bonds. The summed E-state index contributed by atoms with van der Waals surface area (Å²) >= 11 is 0. The van der Waals surface area contributed by atoms with Gasteiger partial charge in [-0.1, -0.05) is 50.2 Å². The van der Waals surface area contributed by atoms with E-state index in [4.69, 9.17) is 0 Å². The van der Waals surface area contributed by atoms with E-state index in [0.29, 0.717) is 0 Å². The molecule has 0 saturated heterocycles. The number of carbonyl (C=O) groups excluding carboxylic acids is 1. The van der Waals surface area contributed by atoms with Crippen molar-refractivity contribution < 1.29 is 4.79 Å². The van der Waals surface area contributed by atoms with Gasteiger partial charge in [-0.05, 0) is 67.7 Å². The molecule has 1 heterocycles. The number of nitriles is 1. The first-order valence-electron chi connectivity index (χ1n) is 10.3. The number of aryl methyl sites for hydroxylation is 3. The third kappa shape index (κ3) is 4.21. The standard InChI is InChI=1S/C26H27N3O/c1-5-20-11-7-9-13-24(20)28-26(30)23(17-27)16-22-15-18(3)29(19(22)4)25-14-10-8-12-21(25)6-2/h7-16H,5-6H2,1-4H3,(H,28,30)/b23-16-. The SMILES string of the molecule is CCc1ccccc1NC(=O)/C(C#N)=C\c1cc(C)n(-c2ccccc2CC)c1C. The molecule has 30 heavy (non-hydrogen) atoms.